The van der Waals surface area contributed by atoms with Gasteiger partial charge in [0.15, 0.2) is 0 Å². The highest BCUT2D eigenvalue weighted by molar-refractivity contribution is 5.81. The first-order valence-corrected chi connectivity index (χ1v) is 7.13. The third-order valence-corrected chi connectivity index (χ3v) is 3.44. The second-order valence-corrected chi connectivity index (χ2v) is 5.73. The summed E-state index contributed by atoms with van der Waals surface area (Å²) in [6, 6.07) is 0.481. The van der Waals surface area contributed by atoms with E-state index in [0.29, 0.717) is 6.04 Å². The molecule has 3 heteroatoms. The molecule has 1 fully saturated rings. The maximum absolute atomic E-state index is 11.8. The molecule has 0 aromatic carbocycles. The van der Waals surface area contributed by atoms with Gasteiger partial charge in [-0.05, 0) is 38.5 Å². The first-order chi connectivity index (χ1) is 8.09. The average Bonchev–Trinajstić information content (AvgIpc) is 2.44. The smallest absolute Gasteiger partial charge is 0.237 e. The molecule has 0 aromatic rings. The summed E-state index contributed by atoms with van der Waals surface area (Å²) in [5, 5.41) is 6.44. The molecule has 0 spiro atoms. The molecule has 2 atom stereocenters. The van der Waals surface area contributed by atoms with Gasteiger partial charge in [0.1, 0.15) is 0 Å². The van der Waals surface area contributed by atoms with Crippen LogP contribution in [-0.2, 0) is 4.79 Å². The van der Waals surface area contributed by atoms with Gasteiger partial charge in [-0.15, -0.1) is 0 Å². The van der Waals surface area contributed by atoms with Gasteiger partial charge in [0.05, 0.1) is 6.04 Å². The summed E-state index contributed by atoms with van der Waals surface area (Å²) in [4.78, 5) is 11.8. The van der Waals surface area contributed by atoms with Gasteiger partial charge >= 0.3 is 0 Å². The summed E-state index contributed by atoms with van der Waals surface area (Å²) in [5.41, 5.74) is 0. The number of hydrogen-bond donors (Lipinski definition) is 2. The van der Waals surface area contributed by atoms with Crippen molar-refractivity contribution in [3.05, 3.63) is 0 Å². The zero-order valence-corrected chi connectivity index (χ0v) is 11.6. The third-order valence-electron chi connectivity index (χ3n) is 3.44. The lowest BCUT2D eigenvalue weighted by Gasteiger charge is -2.21. The lowest BCUT2D eigenvalue weighted by molar-refractivity contribution is -0.123. The highest BCUT2D eigenvalue weighted by atomic mass is 16.2. The van der Waals surface area contributed by atoms with E-state index in [1.807, 2.05) is 0 Å². The second kappa shape index (κ2) is 7.70. The summed E-state index contributed by atoms with van der Waals surface area (Å²) in [6.45, 7) is 7.56. The average molecular weight is 240 g/mol. The molecule has 0 saturated carbocycles. The number of nitrogens with one attached hydrogen (secondary N) is 2. The Balaban J connectivity index is 2.23. The summed E-state index contributed by atoms with van der Waals surface area (Å²) in [6.07, 6.45) is 6.95. The Hall–Kier alpha value is -0.570. The van der Waals surface area contributed by atoms with Crippen LogP contribution in [0.5, 0.6) is 0 Å². The maximum atomic E-state index is 11.8. The topological polar surface area (TPSA) is 41.1 Å². The van der Waals surface area contributed by atoms with E-state index in [9.17, 15) is 4.79 Å². The zero-order chi connectivity index (χ0) is 12.7. The molecule has 100 valence electrons. The van der Waals surface area contributed by atoms with Crippen molar-refractivity contribution in [2.24, 2.45) is 5.92 Å². The van der Waals surface area contributed by atoms with E-state index in [4.69, 9.17) is 0 Å². The van der Waals surface area contributed by atoms with Gasteiger partial charge in [-0.25, -0.2) is 0 Å². The van der Waals surface area contributed by atoms with E-state index < -0.39 is 0 Å². The Labute approximate surface area is 106 Å². The fraction of sp³-hybridized carbons (Fsp3) is 0.929. The minimum Gasteiger partial charge on any atom is -0.355 e. The Morgan fingerprint density at radius 2 is 2.06 bits per heavy atom. The Morgan fingerprint density at radius 3 is 2.76 bits per heavy atom. The van der Waals surface area contributed by atoms with Gasteiger partial charge in [-0.1, -0.05) is 26.7 Å². The molecule has 3 nitrogen and oxygen atoms in total. The highest BCUT2D eigenvalue weighted by Gasteiger charge is 2.21. The Bertz CT molecular complexity index is 228. The van der Waals surface area contributed by atoms with Crippen LogP contribution in [0, 0.1) is 5.92 Å². The number of carbonyl (C=O) groups excluding carboxylic acids is 1. The number of rotatable bonds is 6. The largest absolute Gasteiger partial charge is 0.355 e. The van der Waals surface area contributed by atoms with Crippen molar-refractivity contribution in [1.82, 2.24) is 10.6 Å². The van der Waals surface area contributed by atoms with Crippen LogP contribution in [-0.4, -0.2) is 24.5 Å². The highest BCUT2D eigenvalue weighted by Crippen LogP contribution is 2.11. The molecule has 0 radical (unpaired) electrons. The van der Waals surface area contributed by atoms with Crippen molar-refractivity contribution < 1.29 is 4.79 Å². The van der Waals surface area contributed by atoms with E-state index in [1.54, 1.807) is 0 Å². The first kappa shape index (κ1) is 14.5. The van der Waals surface area contributed by atoms with E-state index in [2.05, 4.69) is 31.4 Å². The van der Waals surface area contributed by atoms with Crippen molar-refractivity contribution in [2.75, 3.05) is 6.54 Å². The van der Waals surface area contributed by atoms with E-state index >= 15 is 0 Å². The molecule has 2 unspecified atom stereocenters. The molecule has 0 bridgehead atoms. The van der Waals surface area contributed by atoms with Crippen LogP contribution < -0.4 is 10.6 Å². The normalized spacial score (nSPS) is 23.3. The van der Waals surface area contributed by atoms with E-state index in [1.165, 1.54) is 19.3 Å². The van der Waals surface area contributed by atoms with Crippen LogP contribution in [0.15, 0.2) is 0 Å². The SMILES string of the molecule is CC(C)CCCC(C)NC1CCCCNC1=O. The van der Waals surface area contributed by atoms with Crippen LogP contribution in [0.3, 0.4) is 0 Å². The van der Waals surface area contributed by atoms with Crippen LogP contribution in [0.2, 0.25) is 0 Å². The molecule has 1 aliphatic rings. The van der Waals surface area contributed by atoms with Crippen molar-refractivity contribution in [1.29, 1.82) is 0 Å². The molecule has 1 saturated heterocycles. The second-order valence-electron chi connectivity index (χ2n) is 5.73. The predicted octanol–water partition coefficient (Wildman–Crippen LogP) is 2.46. The molecule has 2 N–H and O–H groups in total. The molecule has 0 aromatic heterocycles. The molecular weight excluding hydrogens is 212 g/mol. The fourth-order valence-corrected chi connectivity index (χ4v) is 2.36. The quantitative estimate of drug-likeness (QED) is 0.749. The lowest BCUT2D eigenvalue weighted by Crippen LogP contribution is -2.46. The summed E-state index contributed by atoms with van der Waals surface area (Å²) in [7, 11) is 0. The van der Waals surface area contributed by atoms with Gasteiger partial charge in [0.25, 0.3) is 0 Å². The Kier molecular flexibility index (Phi) is 6.56. The first-order valence-electron chi connectivity index (χ1n) is 7.13. The molecule has 1 aliphatic heterocycles. The summed E-state index contributed by atoms with van der Waals surface area (Å²) < 4.78 is 0. The summed E-state index contributed by atoms with van der Waals surface area (Å²) in [5.74, 6) is 0.974. The molecule has 1 rings (SSSR count). The maximum Gasteiger partial charge on any atom is 0.237 e. The van der Waals surface area contributed by atoms with Crippen molar-refractivity contribution >= 4 is 5.91 Å². The van der Waals surface area contributed by atoms with Crippen LogP contribution in [0.25, 0.3) is 0 Å². The van der Waals surface area contributed by atoms with Crippen LogP contribution >= 0.6 is 0 Å². The van der Waals surface area contributed by atoms with Crippen LogP contribution in [0.1, 0.15) is 59.3 Å². The number of amides is 1. The lowest BCUT2D eigenvalue weighted by atomic mass is 10.0. The van der Waals surface area contributed by atoms with Crippen molar-refractivity contribution in [3.63, 3.8) is 0 Å². The van der Waals surface area contributed by atoms with Crippen LogP contribution in [0.4, 0.5) is 0 Å². The van der Waals surface area contributed by atoms with Crippen molar-refractivity contribution in [2.45, 2.75) is 71.4 Å². The molecule has 17 heavy (non-hydrogen) atoms. The minimum absolute atomic E-state index is 0.0338. The van der Waals surface area contributed by atoms with Gasteiger partial charge < -0.3 is 10.6 Å². The van der Waals surface area contributed by atoms with Gasteiger partial charge in [0.2, 0.25) is 5.91 Å². The zero-order valence-electron chi connectivity index (χ0n) is 11.6. The van der Waals surface area contributed by atoms with Gasteiger partial charge in [-0.2, -0.15) is 0 Å². The fourth-order valence-electron chi connectivity index (χ4n) is 2.36. The number of hydrogen-bond acceptors (Lipinski definition) is 2. The van der Waals surface area contributed by atoms with Gasteiger partial charge in [0, 0.05) is 12.6 Å². The molecule has 1 heterocycles. The minimum atomic E-state index is 0.0338. The van der Waals surface area contributed by atoms with E-state index in [-0.39, 0.29) is 11.9 Å². The standard InChI is InChI=1S/C14H28N2O/c1-11(2)7-6-8-12(3)16-13-9-4-5-10-15-14(13)17/h11-13,16H,4-10H2,1-3H3,(H,15,17). The van der Waals surface area contributed by atoms with E-state index in [0.717, 1.165) is 31.7 Å². The van der Waals surface area contributed by atoms with Gasteiger partial charge in [-0.3, -0.25) is 4.79 Å². The summed E-state index contributed by atoms with van der Waals surface area (Å²) >= 11 is 0. The molecule has 1 amide bonds. The third kappa shape index (κ3) is 6.06. The number of carbonyl (C=O) groups is 1. The Morgan fingerprint density at radius 1 is 1.29 bits per heavy atom. The predicted molar refractivity (Wildman–Crippen MR) is 71.9 cm³/mol. The van der Waals surface area contributed by atoms with Crippen molar-refractivity contribution in [3.8, 4) is 0 Å². The monoisotopic (exact) mass is 240 g/mol. The molecular formula is C14H28N2O. The molecule has 0 aliphatic carbocycles.